The van der Waals surface area contributed by atoms with Crippen molar-refractivity contribution in [2.75, 3.05) is 26.4 Å². The molecule has 1 aliphatic carbocycles. The molecular formula is C12H19N3O4S. The zero-order valence-corrected chi connectivity index (χ0v) is 12.4. The first-order chi connectivity index (χ1) is 9.41. The number of hydrogen-bond donors (Lipinski definition) is 2. The highest BCUT2D eigenvalue weighted by atomic mass is 32.2. The Hall–Kier alpha value is -1.44. The average molecular weight is 301 g/mol. The summed E-state index contributed by atoms with van der Waals surface area (Å²) < 4.78 is 0. The molecule has 8 heteroatoms. The zero-order valence-electron chi connectivity index (χ0n) is 11.5. The Morgan fingerprint density at radius 3 is 2.50 bits per heavy atom. The van der Waals surface area contributed by atoms with E-state index in [4.69, 9.17) is 0 Å². The van der Waals surface area contributed by atoms with E-state index in [0.29, 0.717) is 11.7 Å². The Balaban J connectivity index is 1.99. The van der Waals surface area contributed by atoms with Crippen molar-refractivity contribution >= 4 is 29.7 Å². The van der Waals surface area contributed by atoms with E-state index in [1.807, 2.05) is 0 Å². The number of carbonyl (C=O) groups excluding carboxylic acids is 2. The minimum Gasteiger partial charge on any atom is -0.480 e. The summed E-state index contributed by atoms with van der Waals surface area (Å²) in [7, 11) is 3.21. The number of carboxylic acid groups (broad SMARTS) is 1. The minimum absolute atomic E-state index is 0.0782. The van der Waals surface area contributed by atoms with E-state index in [1.54, 1.807) is 14.1 Å². The van der Waals surface area contributed by atoms with Crippen LogP contribution in [0.15, 0.2) is 0 Å². The normalized spacial score (nSPS) is 25.4. The Kier molecular flexibility index (Phi) is 4.42. The smallest absolute Gasteiger partial charge is 0.327 e. The van der Waals surface area contributed by atoms with Crippen LogP contribution < -0.4 is 5.32 Å². The summed E-state index contributed by atoms with van der Waals surface area (Å²) in [5.74, 6) is -0.416. The second-order valence-corrected chi connectivity index (χ2v) is 6.42. The number of thioether (sulfide) groups is 1. The van der Waals surface area contributed by atoms with Crippen LogP contribution in [-0.2, 0) is 9.59 Å². The molecule has 0 spiro atoms. The second-order valence-electron chi connectivity index (χ2n) is 5.27. The van der Waals surface area contributed by atoms with Crippen LogP contribution in [-0.4, -0.2) is 70.6 Å². The lowest BCUT2D eigenvalue weighted by molar-refractivity contribution is -0.141. The van der Waals surface area contributed by atoms with E-state index in [1.165, 1.54) is 21.6 Å². The van der Waals surface area contributed by atoms with E-state index in [0.717, 1.165) is 12.8 Å². The number of nitrogens with one attached hydrogen (secondary N) is 1. The predicted octanol–water partition coefficient (Wildman–Crippen LogP) is 0.0223. The number of nitrogens with zero attached hydrogens (tertiary/aromatic N) is 2. The van der Waals surface area contributed by atoms with Crippen molar-refractivity contribution in [1.29, 1.82) is 0 Å². The largest absolute Gasteiger partial charge is 0.480 e. The molecule has 2 rings (SSSR count). The lowest BCUT2D eigenvalue weighted by atomic mass is 10.2. The molecule has 0 bridgehead atoms. The standard InChI is InChI=1S/C12H19N3O4S/c1-14(2)9(16)5-13-12(19)15-8(11(17)18)6-20-10(15)7-3-4-7/h7-8,10H,3-6H2,1-2H3,(H,13,19)(H,17,18). The summed E-state index contributed by atoms with van der Waals surface area (Å²) in [6, 6.07) is -1.27. The molecule has 2 atom stereocenters. The number of likely N-dealkylation sites (N-methyl/N-ethyl adjacent to an activating group) is 1. The van der Waals surface area contributed by atoms with Crippen molar-refractivity contribution < 1.29 is 19.5 Å². The van der Waals surface area contributed by atoms with E-state index in [9.17, 15) is 19.5 Å². The lowest BCUT2D eigenvalue weighted by Crippen LogP contribution is -2.52. The van der Waals surface area contributed by atoms with Crippen LogP contribution in [0.25, 0.3) is 0 Å². The van der Waals surface area contributed by atoms with Crippen LogP contribution in [0.4, 0.5) is 4.79 Å². The van der Waals surface area contributed by atoms with Gasteiger partial charge in [-0.3, -0.25) is 9.69 Å². The van der Waals surface area contributed by atoms with Crippen molar-refractivity contribution in [3.63, 3.8) is 0 Å². The molecular weight excluding hydrogens is 282 g/mol. The molecule has 2 unspecified atom stereocenters. The second kappa shape index (κ2) is 5.90. The highest BCUT2D eigenvalue weighted by Gasteiger charge is 2.48. The van der Waals surface area contributed by atoms with Gasteiger partial charge in [-0.15, -0.1) is 11.8 Å². The topological polar surface area (TPSA) is 90.0 Å². The molecule has 0 aromatic rings. The summed E-state index contributed by atoms with van der Waals surface area (Å²) in [5, 5.41) is 11.7. The summed E-state index contributed by atoms with van der Waals surface area (Å²) in [5.41, 5.74) is 0. The van der Waals surface area contributed by atoms with Gasteiger partial charge in [-0.2, -0.15) is 0 Å². The summed E-state index contributed by atoms with van der Waals surface area (Å²) in [6.45, 7) is -0.114. The molecule has 0 radical (unpaired) electrons. The molecule has 20 heavy (non-hydrogen) atoms. The fourth-order valence-corrected chi connectivity index (χ4v) is 3.75. The number of carboxylic acids is 1. The molecule has 1 aliphatic heterocycles. The van der Waals surface area contributed by atoms with Crippen LogP contribution in [0.3, 0.4) is 0 Å². The maximum atomic E-state index is 12.2. The first-order valence-electron chi connectivity index (χ1n) is 6.52. The third-order valence-electron chi connectivity index (χ3n) is 3.47. The molecule has 1 heterocycles. The molecule has 0 aromatic carbocycles. The van der Waals surface area contributed by atoms with Crippen LogP contribution >= 0.6 is 11.8 Å². The van der Waals surface area contributed by atoms with Gasteiger partial charge >= 0.3 is 12.0 Å². The molecule has 2 fully saturated rings. The first-order valence-corrected chi connectivity index (χ1v) is 7.57. The Morgan fingerprint density at radius 2 is 2.00 bits per heavy atom. The number of carbonyl (C=O) groups is 3. The molecule has 7 nitrogen and oxygen atoms in total. The van der Waals surface area contributed by atoms with Crippen LogP contribution in [0.5, 0.6) is 0 Å². The van der Waals surface area contributed by atoms with Gasteiger partial charge in [-0.1, -0.05) is 0 Å². The summed E-state index contributed by atoms with van der Waals surface area (Å²) >= 11 is 1.52. The molecule has 112 valence electrons. The van der Waals surface area contributed by atoms with Gasteiger partial charge < -0.3 is 15.3 Å². The molecule has 1 saturated carbocycles. The number of amides is 3. The average Bonchev–Trinajstić information content (AvgIpc) is 3.13. The molecule has 1 saturated heterocycles. The maximum Gasteiger partial charge on any atom is 0.327 e. The van der Waals surface area contributed by atoms with Crippen molar-refractivity contribution in [3.05, 3.63) is 0 Å². The molecule has 0 aromatic heterocycles. The van der Waals surface area contributed by atoms with Gasteiger partial charge in [0.15, 0.2) is 0 Å². The van der Waals surface area contributed by atoms with Gasteiger partial charge in [0, 0.05) is 19.8 Å². The predicted molar refractivity (Wildman–Crippen MR) is 74.3 cm³/mol. The van der Waals surface area contributed by atoms with Gasteiger partial charge in [0.25, 0.3) is 0 Å². The van der Waals surface area contributed by atoms with Crippen molar-refractivity contribution in [2.24, 2.45) is 5.92 Å². The van der Waals surface area contributed by atoms with E-state index in [2.05, 4.69) is 5.32 Å². The van der Waals surface area contributed by atoms with Gasteiger partial charge in [-0.25, -0.2) is 9.59 Å². The molecule has 3 amide bonds. The summed E-state index contributed by atoms with van der Waals surface area (Å²) in [6.07, 6.45) is 2.06. The molecule has 2 N–H and O–H groups in total. The van der Waals surface area contributed by atoms with Gasteiger partial charge in [0.2, 0.25) is 5.91 Å². The Labute approximate surface area is 121 Å². The van der Waals surface area contributed by atoms with Crippen LogP contribution in [0, 0.1) is 5.92 Å². The van der Waals surface area contributed by atoms with E-state index < -0.39 is 18.0 Å². The highest BCUT2D eigenvalue weighted by Crippen LogP contribution is 2.45. The number of urea groups is 1. The highest BCUT2D eigenvalue weighted by molar-refractivity contribution is 8.00. The quantitative estimate of drug-likeness (QED) is 0.764. The number of aliphatic carboxylic acids is 1. The monoisotopic (exact) mass is 301 g/mol. The molecule has 2 aliphatic rings. The van der Waals surface area contributed by atoms with Gasteiger partial charge in [0.05, 0.1) is 11.9 Å². The van der Waals surface area contributed by atoms with E-state index >= 15 is 0 Å². The fraction of sp³-hybridized carbons (Fsp3) is 0.750. The summed E-state index contributed by atoms with van der Waals surface area (Å²) in [4.78, 5) is 37.7. The van der Waals surface area contributed by atoms with Gasteiger partial charge in [-0.05, 0) is 18.8 Å². The SMILES string of the molecule is CN(C)C(=O)CNC(=O)N1C(C(=O)O)CSC1C1CC1. The first kappa shape index (κ1) is 15.0. The fourth-order valence-electron chi connectivity index (χ4n) is 2.12. The van der Waals surface area contributed by atoms with Crippen LogP contribution in [0.1, 0.15) is 12.8 Å². The van der Waals surface area contributed by atoms with Crippen molar-refractivity contribution in [1.82, 2.24) is 15.1 Å². The van der Waals surface area contributed by atoms with E-state index in [-0.39, 0.29) is 17.8 Å². The third kappa shape index (κ3) is 3.17. The lowest BCUT2D eigenvalue weighted by Gasteiger charge is -2.27. The Morgan fingerprint density at radius 1 is 1.35 bits per heavy atom. The number of hydrogen-bond acceptors (Lipinski definition) is 4. The Bertz CT molecular complexity index is 425. The maximum absolute atomic E-state index is 12.2. The third-order valence-corrected chi connectivity index (χ3v) is 4.93. The zero-order chi connectivity index (χ0) is 14.9. The van der Waals surface area contributed by atoms with Crippen molar-refractivity contribution in [3.8, 4) is 0 Å². The number of rotatable bonds is 4. The van der Waals surface area contributed by atoms with Crippen molar-refractivity contribution in [2.45, 2.75) is 24.3 Å². The van der Waals surface area contributed by atoms with Gasteiger partial charge in [0.1, 0.15) is 6.04 Å². The minimum atomic E-state index is -0.991. The van der Waals surface area contributed by atoms with Crippen LogP contribution in [0.2, 0.25) is 0 Å².